The Balaban J connectivity index is 1.61. The van der Waals surface area contributed by atoms with Gasteiger partial charge in [-0.25, -0.2) is 4.99 Å². The van der Waals surface area contributed by atoms with Gasteiger partial charge < -0.3 is 4.74 Å². The molecule has 154 valence electrons. The Kier molecular flexibility index (Phi) is 5.76. The molecule has 3 aromatic carbocycles. The van der Waals surface area contributed by atoms with Crippen molar-refractivity contribution >= 4 is 5.90 Å². The molecule has 0 spiro atoms. The Hall–Kier alpha value is -2.87. The second-order valence-electron chi connectivity index (χ2n) is 9.34. The van der Waals surface area contributed by atoms with Gasteiger partial charge in [-0.1, -0.05) is 113 Å². The van der Waals surface area contributed by atoms with Gasteiger partial charge in [0.1, 0.15) is 6.10 Å². The monoisotopic (exact) mass is 397 g/mol. The van der Waals surface area contributed by atoms with E-state index in [9.17, 15) is 0 Å². The highest BCUT2D eigenvalue weighted by Crippen LogP contribution is 2.38. The number of benzene rings is 3. The summed E-state index contributed by atoms with van der Waals surface area (Å²) in [7, 11) is 0. The summed E-state index contributed by atoms with van der Waals surface area (Å²) in [5.41, 5.74) is 5.06. The van der Waals surface area contributed by atoms with Crippen molar-refractivity contribution in [3.05, 3.63) is 96.1 Å². The van der Waals surface area contributed by atoms with E-state index in [0.717, 1.165) is 12.3 Å². The summed E-state index contributed by atoms with van der Waals surface area (Å²) in [4.78, 5) is 5.08. The predicted octanol–water partition coefficient (Wildman–Crippen LogP) is 7.12. The van der Waals surface area contributed by atoms with Gasteiger partial charge in [0.25, 0.3) is 0 Å². The topological polar surface area (TPSA) is 21.6 Å². The van der Waals surface area contributed by atoms with Crippen LogP contribution in [-0.2, 0) is 11.2 Å². The summed E-state index contributed by atoms with van der Waals surface area (Å²) in [6.07, 6.45) is 0.835. The molecular formula is C28H31NO. The van der Waals surface area contributed by atoms with E-state index in [1.807, 2.05) is 6.07 Å². The van der Waals surface area contributed by atoms with Gasteiger partial charge in [-0.15, -0.1) is 0 Å². The predicted molar refractivity (Wildman–Crippen MR) is 126 cm³/mol. The minimum absolute atomic E-state index is 0.0465. The molecule has 1 heterocycles. The van der Waals surface area contributed by atoms with Crippen molar-refractivity contribution in [1.82, 2.24) is 0 Å². The lowest BCUT2D eigenvalue weighted by Gasteiger charge is -2.27. The Morgan fingerprint density at radius 2 is 1.37 bits per heavy atom. The molecule has 30 heavy (non-hydrogen) atoms. The first kappa shape index (κ1) is 20.4. The third-order valence-electron chi connectivity index (χ3n) is 6.19. The zero-order valence-electron chi connectivity index (χ0n) is 18.4. The molecule has 0 fully saturated rings. The summed E-state index contributed by atoms with van der Waals surface area (Å²) in [6.45, 7) is 8.96. The molecule has 0 N–H and O–H groups in total. The molecule has 2 nitrogen and oxygen atoms in total. The molecular weight excluding hydrogens is 366 g/mol. The van der Waals surface area contributed by atoms with Crippen molar-refractivity contribution < 1.29 is 4.74 Å². The summed E-state index contributed by atoms with van der Waals surface area (Å²) in [5.74, 6) is 1.16. The Morgan fingerprint density at radius 1 is 0.800 bits per heavy atom. The van der Waals surface area contributed by atoms with E-state index in [0.29, 0.717) is 0 Å². The maximum Gasteiger partial charge on any atom is 0.187 e. The molecule has 4 rings (SSSR count). The second kappa shape index (κ2) is 8.47. The molecule has 0 aromatic heterocycles. The van der Waals surface area contributed by atoms with Gasteiger partial charge in [-0.3, -0.25) is 0 Å². The van der Waals surface area contributed by atoms with Crippen LogP contribution in [0.15, 0.2) is 89.9 Å². The van der Waals surface area contributed by atoms with Crippen molar-refractivity contribution in [2.75, 3.05) is 0 Å². The first-order chi connectivity index (χ1) is 14.4. The van der Waals surface area contributed by atoms with Crippen molar-refractivity contribution in [1.29, 1.82) is 0 Å². The number of ether oxygens (including phenoxy) is 1. The van der Waals surface area contributed by atoms with Crippen LogP contribution in [-0.4, -0.2) is 11.9 Å². The molecule has 0 saturated heterocycles. The lowest BCUT2D eigenvalue weighted by Crippen LogP contribution is -2.26. The molecule has 0 aliphatic carbocycles. The molecule has 1 aliphatic heterocycles. The average molecular weight is 398 g/mol. The molecule has 3 atom stereocenters. The number of aliphatic imine (C=N–C) groups is 1. The summed E-state index contributed by atoms with van der Waals surface area (Å²) in [6, 6.07) is 30.0. The van der Waals surface area contributed by atoms with Crippen LogP contribution < -0.4 is 0 Å². The van der Waals surface area contributed by atoms with E-state index >= 15 is 0 Å². The van der Waals surface area contributed by atoms with Gasteiger partial charge >= 0.3 is 0 Å². The van der Waals surface area contributed by atoms with Crippen LogP contribution in [0.3, 0.4) is 0 Å². The van der Waals surface area contributed by atoms with Crippen molar-refractivity contribution in [3.63, 3.8) is 0 Å². The highest BCUT2D eigenvalue weighted by molar-refractivity contribution is 5.81. The third kappa shape index (κ3) is 4.48. The summed E-state index contributed by atoms with van der Waals surface area (Å²) < 4.78 is 6.52. The average Bonchev–Trinajstić information content (AvgIpc) is 3.17. The maximum atomic E-state index is 6.52. The Labute approximate surface area is 180 Å². The van der Waals surface area contributed by atoms with Crippen LogP contribution in [0.4, 0.5) is 0 Å². The van der Waals surface area contributed by atoms with Gasteiger partial charge in [-0.05, 0) is 34.1 Å². The van der Waals surface area contributed by atoms with Gasteiger partial charge in [-0.2, -0.15) is 0 Å². The standard InChI is InChI=1S/C28H31NO/c1-20(28(2,3)4)27-29-25(19-21-11-7-5-8-12-21)26(30-27)24-17-15-23(16-18-24)22-13-9-6-10-14-22/h5-18,20,25-26H,19H2,1-4H3/t20-,25+,26+/m1/s1. The normalized spacial score (nSPS) is 19.8. The number of nitrogens with zero attached hydrogens (tertiary/aromatic N) is 1. The lowest BCUT2D eigenvalue weighted by molar-refractivity contribution is 0.169. The van der Waals surface area contributed by atoms with Gasteiger partial charge in [0.2, 0.25) is 0 Å². The van der Waals surface area contributed by atoms with E-state index in [4.69, 9.17) is 9.73 Å². The number of hydrogen-bond acceptors (Lipinski definition) is 2. The molecule has 0 saturated carbocycles. The minimum Gasteiger partial charge on any atom is -0.470 e. The fourth-order valence-electron chi connectivity index (χ4n) is 3.85. The first-order valence-electron chi connectivity index (χ1n) is 10.9. The van der Waals surface area contributed by atoms with Crippen molar-refractivity contribution in [2.45, 2.75) is 46.3 Å². The number of hydrogen-bond donors (Lipinski definition) is 0. The van der Waals surface area contributed by atoms with Crippen LogP contribution in [0.25, 0.3) is 11.1 Å². The van der Waals surface area contributed by atoms with Gasteiger partial charge in [0.05, 0.1) is 6.04 Å². The summed E-state index contributed by atoms with van der Waals surface area (Å²) >= 11 is 0. The second-order valence-corrected chi connectivity index (χ2v) is 9.34. The minimum atomic E-state index is -0.0465. The van der Waals surface area contributed by atoms with Crippen LogP contribution in [0.5, 0.6) is 0 Å². The molecule has 2 heteroatoms. The summed E-state index contributed by atoms with van der Waals surface area (Å²) in [5, 5.41) is 0. The molecule has 3 aromatic rings. The fourth-order valence-corrected chi connectivity index (χ4v) is 3.85. The third-order valence-corrected chi connectivity index (χ3v) is 6.19. The maximum absolute atomic E-state index is 6.52. The van der Waals surface area contributed by atoms with Gasteiger partial charge in [0, 0.05) is 5.92 Å². The van der Waals surface area contributed by atoms with E-state index in [1.54, 1.807) is 0 Å². The highest BCUT2D eigenvalue weighted by atomic mass is 16.5. The largest absolute Gasteiger partial charge is 0.470 e. The molecule has 0 bridgehead atoms. The van der Waals surface area contributed by atoms with Crippen LogP contribution in [0.1, 0.15) is 44.9 Å². The fraction of sp³-hybridized carbons (Fsp3) is 0.321. The lowest BCUT2D eigenvalue weighted by atomic mass is 9.82. The molecule has 0 unspecified atom stereocenters. The van der Waals surface area contributed by atoms with Gasteiger partial charge in [0.15, 0.2) is 5.90 Å². The Bertz CT molecular complexity index is 984. The Morgan fingerprint density at radius 3 is 1.97 bits per heavy atom. The van der Waals surface area contributed by atoms with E-state index in [-0.39, 0.29) is 23.5 Å². The molecule has 0 amide bonds. The SMILES string of the molecule is C[C@H](C1=N[C@@H](Cc2ccccc2)[C@H](c2ccc(-c3ccccc3)cc2)O1)C(C)(C)C. The van der Waals surface area contributed by atoms with Crippen LogP contribution >= 0.6 is 0 Å². The molecule has 1 aliphatic rings. The molecule has 0 radical (unpaired) electrons. The quantitative estimate of drug-likeness (QED) is 0.449. The van der Waals surface area contributed by atoms with Crippen LogP contribution in [0, 0.1) is 11.3 Å². The van der Waals surface area contributed by atoms with Crippen molar-refractivity contribution in [3.8, 4) is 11.1 Å². The van der Waals surface area contributed by atoms with Crippen LogP contribution in [0.2, 0.25) is 0 Å². The zero-order valence-corrected chi connectivity index (χ0v) is 18.4. The number of rotatable bonds is 5. The highest BCUT2D eigenvalue weighted by Gasteiger charge is 2.37. The van der Waals surface area contributed by atoms with E-state index in [1.165, 1.54) is 22.3 Å². The van der Waals surface area contributed by atoms with Crippen molar-refractivity contribution in [2.24, 2.45) is 16.3 Å². The zero-order chi connectivity index (χ0) is 21.1. The van der Waals surface area contributed by atoms with E-state index in [2.05, 4.69) is 107 Å². The van der Waals surface area contributed by atoms with E-state index < -0.39 is 0 Å². The smallest absolute Gasteiger partial charge is 0.187 e. The first-order valence-corrected chi connectivity index (χ1v) is 10.9.